The van der Waals surface area contributed by atoms with Gasteiger partial charge in [-0.3, -0.25) is 14.5 Å². The number of carbonyl (C=O) groups excluding carboxylic acids is 1. The Balaban J connectivity index is 1.94. The number of hydrogen-bond donors (Lipinski definition) is 0. The van der Waals surface area contributed by atoms with E-state index in [9.17, 15) is 9.59 Å². The van der Waals surface area contributed by atoms with Crippen LogP contribution in [-0.2, 0) is 11.8 Å². The lowest BCUT2D eigenvalue weighted by molar-refractivity contribution is -0.0864. The van der Waals surface area contributed by atoms with E-state index in [1.165, 1.54) is 4.57 Å². The Morgan fingerprint density at radius 1 is 1.45 bits per heavy atom. The molecule has 6 heteroatoms. The second-order valence-corrected chi connectivity index (χ2v) is 6.45. The van der Waals surface area contributed by atoms with Crippen molar-refractivity contribution < 1.29 is 9.53 Å². The van der Waals surface area contributed by atoms with Crippen molar-refractivity contribution in [3.63, 3.8) is 0 Å². The molecular formula is C16H25N3O3. The van der Waals surface area contributed by atoms with Crippen LogP contribution in [0.4, 0.5) is 0 Å². The minimum absolute atomic E-state index is 0.143. The van der Waals surface area contributed by atoms with E-state index in [2.05, 4.69) is 18.7 Å². The molecule has 1 amide bonds. The van der Waals surface area contributed by atoms with Crippen molar-refractivity contribution in [1.29, 1.82) is 0 Å². The summed E-state index contributed by atoms with van der Waals surface area (Å²) in [4.78, 5) is 28.3. The van der Waals surface area contributed by atoms with Gasteiger partial charge in [-0.2, -0.15) is 0 Å². The number of likely N-dealkylation sites (N-methyl/N-ethyl adjacent to an activating group) is 1. The lowest BCUT2D eigenvalue weighted by atomic mass is 10.1. The third kappa shape index (κ3) is 3.96. The second kappa shape index (κ2) is 6.62. The van der Waals surface area contributed by atoms with Crippen LogP contribution in [0.1, 0.15) is 24.2 Å². The monoisotopic (exact) mass is 307 g/mol. The summed E-state index contributed by atoms with van der Waals surface area (Å²) >= 11 is 0. The number of ether oxygens (including phenoxy) is 1. The Hall–Kier alpha value is -1.66. The molecule has 1 aromatic heterocycles. The molecule has 0 saturated carbocycles. The maximum absolute atomic E-state index is 12.4. The molecule has 0 radical (unpaired) electrons. The molecule has 22 heavy (non-hydrogen) atoms. The van der Waals surface area contributed by atoms with Crippen LogP contribution >= 0.6 is 0 Å². The number of aromatic nitrogens is 1. The van der Waals surface area contributed by atoms with E-state index < -0.39 is 0 Å². The van der Waals surface area contributed by atoms with Crippen LogP contribution in [0.5, 0.6) is 0 Å². The molecule has 6 nitrogen and oxygen atoms in total. The van der Waals surface area contributed by atoms with Gasteiger partial charge < -0.3 is 14.2 Å². The summed E-state index contributed by atoms with van der Waals surface area (Å²) < 4.78 is 7.10. The van der Waals surface area contributed by atoms with Gasteiger partial charge in [-0.05, 0) is 26.0 Å². The van der Waals surface area contributed by atoms with Gasteiger partial charge in [0, 0.05) is 46.5 Å². The first-order valence-electron chi connectivity index (χ1n) is 7.57. The molecule has 0 spiro atoms. The molecule has 1 saturated heterocycles. The van der Waals surface area contributed by atoms with Gasteiger partial charge in [0.2, 0.25) is 0 Å². The number of hydrogen-bond acceptors (Lipinski definition) is 4. The van der Waals surface area contributed by atoms with Gasteiger partial charge in [-0.25, -0.2) is 0 Å². The van der Waals surface area contributed by atoms with E-state index in [1.54, 1.807) is 37.3 Å². The van der Waals surface area contributed by atoms with Crippen LogP contribution in [0.3, 0.4) is 0 Å². The first kappa shape index (κ1) is 16.7. The Kier molecular flexibility index (Phi) is 5.03. The van der Waals surface area contributed by atoms with Gasteiger partial charge in [0.15, 0.2) is 0 Å². The highest BCUT2D eigenvalue weighted by Crippen LogP contribution is 2.16. The number of nitrogens with zero attached hydrogens (tertiary/aromatic N) is 3. The van der Waals surface area contributed by atoms with Crippen molar-refractivity contribution in [3.05, 3.63) is 34.2 Å². The fraction of sp³-hybridized carbons (Fsp3) is 0.625. The Bertz CT molecular complexity index is 595. The summed E-state index contributed by atoms with van der Waals surface area (Å²) in [5.41, 5.74) is -0.183. The summed E-state index contributed by atoms with van der Waals surface area (Å²) in [6, 6.07) is 3.30. The molecule has 0 N–H and O–H groups in total. The highest BCUT2D eigenvalue weighted by Gasteiger charge is 2.27. The van der Waals surface area contributed by atoms with Crippen LogP contribution in [0.2, 0.25) is 0 Å². The highest BCUT2D eigenvalue weighted by molar-refractivity contribution is 5.93. The summed E-state index contributed by atoms with van der Waals surface area (Å²) in [7, 11) is 3.38. The van der Waals surface area contributed by atoms with Gasteiger partial charge in [0.1, 0.15) is 5.56 Å². The van der Waals surface area contributed by atoms with Gasteiger partial charge in [0.05, 0.1) is 12.2 Å². The lowest BCUT2D eigenvalue weighted by Gasteiger charge is -2.38. The first-order chi connectivity index (χ1) is 10.3. The predicted molar refractivity (Wildman–Crippen MR) is 85.1 cm³/mol. The molecule has 0 aromatic carbocycles. The van der Waals surface area contributed by atoms with Crippen molar-refractivity contribution in [2.24, 2.45) is 7.05 Å². The smallest absolute Gasteiger partial charge is 0.263 e. The van der Waals surface area contributed by atoms with Crippen LogP contribution in [0.15, 0.2) is 23.1 Å². The largest absolute Gasteiger partial charge is 0.373 e. The quantitative estimate of drug-likeness (QED) is 0.816. The number of morpholine rings is 1. The number of aryl methyl sites for hydroxylation is 1. The minimum Gasteiger partial charge on any atom is -0.373 e. The molecule has 0 unspecified atom stereocenters. The van der Waals surface area contributed by atoms with Gasteiger partial charge in [-0.15, -0.1) is 0 Å². The Labute approximate surface area is 131 Å². The molecular weight excluding hydrogens is 282 g/mol. The topological polar surface area (TPSA) is 54.8 Å². The molecule has 0 aliphatic carbocycles. The molecule has 1 aliphatic rings. The van der Waals surface area contributed by atoms with Crippen LogP contribution < -0.4 is 5.56 Å². The average Bonchev–Trinajstić information content (AvgIpc) is 2.46. The molecule has 0 bridgehead atoms. The first-order valence-corrected chi connectivity index (χ1v) is 7.57. The van der Waals surface area contributed by atoms with E-state index in [1.807, 2.05) is 0 Å². The number of rotatable bonds is 4. The van der Waals surface area contributed by atoms with Crippen molar-refractivity contribution in [1.82, 2.24) is 14.4 Å². The molecule has 2 rings (SSSR count). The zero-order valence-corrected chi connectivity index (χ0v) is 13.8. The summed E-state index contributed by atoms with van der Waals surface area (Å²) in [5, 5.41) is 0. The average molecular weight is 307 g/mol. The van der Waals surface area contributed by atoms with Crippen molar-refractivity contribution in [2.45, 2.75) is 19.4 Å². The summed E-state index contributed by atoms with van der Waals surface area (Å²) in [6.45, 7) is 7.95. The zero-order valence-electron chi connectivity index (χ0n) is 13.8. The molecule has 2 heterocycles. The maximum atomic E-state index is 12.4. The summed E-state index contributed by atoms with van der Waals surface area (Å²) in [5.74, 6) is -0.228. The standard InChI is InChI=1S/C16H25N3O3/c1-16(2)12-19(10-11-22-16)9-8-18(4)15(21)13-6-5-7-17(3)14(13)20/h5-7H,8-12H2,1-4H3. The zero-order chi connectivity index (χ0) is 16.3. The maximum Gasteiger partial charge on any atom is 0.263 e. The molecule has 1 aliphatic heterocycles. The van der Waals surface area contributed by atoms with E-state index in [4.69, 9.17) is 4.74 Å². The van der Waals surface area contributed by atoms with Gasteiger partial charge in [-0.1, -0.05) is 0 Å². The molecule has 0 atom stereocenters. The number of amides is 1. The van der Waals surface area contributed by atoms with Crippen LogP contribution in [0.25, 0.3) is 0 Å². The van der Waals surface area contributed by atoms with Crippen molar-refractivity contribution in [2.75, 3.05) is 39.8 Å². The molecule has 122 valence electrons. The second-order valence-electron chi connectivity index (χ2n) is 6.45. The SMILES string of the molecule is CN(CCN1CCOC(C)(C)C1)C(=O)c1cccn(C)c1=O. The van der Waals surface area contributed by atoms with Crippen LogP contribution in [0, 0.1) is 0 Å². The van der Waals surface area contributed by atoms with Gasteiger partial charge >= 0.3 is 0 Å². The normalized spacial score (nSPS) is 18.2. The number of carbonyl (C=O) groups is 1. The lowest BCUT2D eigenvalue weighted by Crippen LogP contribution is -2.50. The fourth-order valence-corrected chi connectivity index (χ4v) is 2.66. The van der Waals surface area contributed by atoms with E-state index in [0.717, 1.165) is 19.6 Å². The summed E-state index contributed by atoms with van der Waals surface area (Å²) in [6.07, 6.45) is 1.65. The van der Waals surface area contributed by atoms with E-state index in [0.29, 0.717) is 13.2 Å². The molecule has 1 aromatic rings. The number of pyridine rings is 1. The minimum atomic E-state index is -0.258. The van der Waals surface area contributed by atoms with Crippen molar-refractivity contribution in [3.8, 4) is 0 Å². The third-order valence-corrected chi connectivity index (χ3v) is 3.96. The third-order valence-electron chi connectivity index (χ3n) is 3.96. The van der Waals surface area contributed by atoms with E-state index in [-0.39, 0.29) is 22.6 Å². The Morgan fingerprint density at radius 3 is 2.86 bits per heavy atom. The van der Waals surface area contributed by atoms with Gasteiger partial charge in [0.25, 0.3) is 11.5 Å². The highest BCUT2D eigenvalue weighted by atomic mass is 16.5. The molecule has 1 fully saturated rings. The van der Waals surface area contributed by atoms with Crippen molar-refractivity contribution >= 4 is 5.91 Å². The van der Waals surface area contributed by atoms with Crippen LogP contribution in [-0.4, -0.2) is 65.7 Å². The fourth-order valence-electron chi connectivity index (χ4n) is 2.66. The predicted octanol–water partition coefficient (Wildman–Crippen LogP) is 0.568. The van der Waals surface area contributed by atoms with E-state index >= 15 is 0 Å². The Morgan fingerprint density at radius 2 is 2.18 bits per heavy atom.